The highest BCUT2D eigenvalue weighted by atomic mass is 32.1. The van der Waals surface area contributed by atoms with Gasteiger partial charge in [0.25, 0.3) is 5.91 Å². The molecular formula is C19H22N2O4S. The molecule has 1 saturated heterocycles. The van der Waals surface area contributed by atoms with Crippen molar-refractivity contribution in [3.8, 4) is 11.3 Å². The largest absolute Gasteiger partial charge is 0.451 e. The van der Waals surface area contributed by atoms with Crippen molar-refractivity contribution in [2.75, 3.05) is 19.7 Å². The molecule has 1 aromatic carbocycles. The smallest absolute Gasteiger partial charge is 0.351 e. The van der Waals surface area contributed by atoms with E-state index in [2.05, 4.69) is 4.98 Å². The fourth-order valence-electron chi connectivity index (χ4n) is 3.02. The van der Waals surface area contributed by atoms with Crippen LogP contribution in [0.3, 0.4) is 0 Å². The number of hydrogen-bond acceptors (Lipinski definition) is 6. The van der Waals surface area contributed by atoms with E-state index in [1.165, 1.54) is 11.3 Å². The molecule has 3 rings (SSSR count). The normalized spacial score (nSPS) is 20.0. The summed E-state index contributed by atoms with van der Waals surface area (Å²) in [5.74, 6) is -0.722. The fourth-order valence-corrected chi connectivity index (χ4v) is 3.86. The van der Waals surface area contributed by atoms with Gasteiger partial charge in [-0.3, -0.25) is 4.79 Å². The van der Waals surface area contributed by atoms with Crippen molar-refractivity contribution in [2.24, 2.45) is 0 Å². The van der Waals surface area contributed by atoms with Gasteiger partial charge in [0, 0.05) is 18.7 Å². The maximum Gasteiger partial charge on any atom is 0.351 e. The van der Waals surface area contributed by atoms with E-state index in [0.717, 1.165) is 10.6 Å². The van der Waals surface area contributed by atoms with Gasteiger partial charge in [-0.15, -0.1) is 11.3 Å². The number of amides is 1. The summed E-state index contributed by atoms with van der Waals surface area (Å²) in [6.07, 6.45) is -0.0422. The number of thiazole rings is 1. The van der Waals surface area contributed by atoms with Crippen molar-refractivity contribution in [1.82, 2.24) is 9.88 Å². The van der Waals surface area contributed by atoms with Crippen LogP contribution in [0.1, 0.15) is 28.5 Å². The monoisotopic (exact) mass is 374 g/mol. The maximum atomic E-state index is 12.5. The second-order valence-corrected chi connectivity index (χ2v) is 7.61. The average molecular weight is 374 g/mol. The molecule has 7 heteroatoms. The number of benzene rings is 1. The van der Waals surface area contributed by atoms with Crippen LogP contribution in [0.2, 0.25) is 0 Å². The maximum absolute atomic E-state index is 12.5. The Morgan fingerprint density at radius 1 is 1.23 bits per heavy atom. The fraction of sp³-hybridized carbons (Fsp3) is 0.421. The lowest BCUT2D eigenvalue weighted by molar-refractivity contribution is -0.146. The summed E-state index contributed by atoms with van der Waals surface area (Å²) in [7, 11) is 0. The van der Waals surface area contributed by atoms with Crippen LogP contribution in [-0.2, 0) is 14.3 Å². The van der Waals surface area contributed by atoms with Crippen LogP contribution in [0.25, 0.3) is 11.3 Å². The Labute approximate surface area is 156 Å². The molecule has 0 saturated carbocycles. The Balaban J connectivity index is 1.67. The molecule has 1 fully saturated rings. The quantitative estimate of drug-likeness (QED) is 0.770. The lowest BCUT2D eigenvalue weighted by Crippen LogP contribution is -2.49. The number of carbonyl (C=O) groups is 2. The minimum Gasteiger partial charge on any atom is -0.451 e. The topological polar surface area (TPSA) is 68.7 Å². The third-order valence-corrected chi connectivity index (χ3v) is 5.02. The first-order valence-electron chi connectivity index (χ1n) is 8.57. The third kappa shape index (κ3) is 4.28. The van der Waals surface area contributed by atoms with Gasteiger partial charge in [0.1, 0.15) is 4.88 Å². The minimum absolute atomic E-state index is 0.0211. The van der Waals surface area contributed by atoms with Crippen molar-refractivity contribution in [3.63, 3.8) is 0 Å². The number of morpholine rings is 1. The standard InChI is InChI=1S/C19H22N2O4S/c1-12-9-21(10-13(2)25-12)16(22)11-24-19(23)18-17(20-14(3)26-18)15-7-5-4-6-8-15/h4-8,12-13H,9-11H2,1-3H3/t12-,13+. The van der Waals surface area contributed by atoms with E-state index < -0.39 is 5.97 Å². The number of aromatic nitrogens is 1. The second-order valence-electron chi connectivity index (χ2n) is 6.41. The van der Waals surface area contributed by atoms with Crippen molar-refractivity contribution in [3.05, 3.63) is 40.2 Å². The van der Waals surface area contributed by atoms with Crippen LogP contribution in [0.5, 0.6) is 0 Å². The molecule has 1 aromatic heterocycles. The van der Waals surface area contributed by atoms with Gasteiger partial charge < -0.3 is 14.4 Å². The van der Waals surface area contributed by atoms with Gasteiger partial charge in [-0.1, -0.05) is 30.3 Å². The number of rotatable bonds is 4. The Hall–Kier alpha value is -2.25. The van der Waals surface area contributed by atoms with E-state index in [-0.39, 0.29) is 24.7 Å². The van der Waals surface area contributed by atoms with Gasteiger partial charge in [0.05, 0.1) is 22.9 Å². The summed E-state index contributed by atoms with van der Waals surface area (Å²) >= 11 is 1.27. The second kappa shape index (κ2) is 7.97. The van der Waals surface area contributed by atoms with Crippen molar-refractivity contribution < 1.29 is 19.1 Å². The van der Waals surface area contributed by atoms with Gasteiger partial charge in [-0.2, -0.15) is 0 Å². The minimum atomic E-state index is -0.517. The molecule has 1 aliphatic heterocycles. The number of carbonyl (C=O) groups excluding carboxylic acids is 2. The first-order chi connectivity index (χ1) is 12.4. The van der Waals surface area contributed by atoms with Crippen LogP contribution < -0.4 is 0 Å². The van der Waals surface area contributed by atoms with Crippen LogP contribution >= 0.6 is 11.3 Å². The average Bonchev–Trinajstić information content (AvgIpc) is 3.01. The number of nitrogens with zero attached hydrogens (tertiary/aromatic N) is 2. The number of hydrogen-bond donors (Lipinski definition) is 0. The Bertz CT molecular complexity index is 780. The van der Waals surface area contributed by atoms with Crippen LogP contribution in [0.15, 0.2) is 30.3 Å². The van der Waals surface area contributed by atoms with E-state index in [1.807, 2.05) is 51.1 Å². The number of aryl methyl sites for hydroxylation is 1. The molecule has 6 nitrogen and oxygen atoms in total. The predicted octanol–water partition coefficient (Wildman–Crippen LogP) is 2.91. The molecular weight excluding hydrogens is 352 g/mol. The predicted molar refractivity (Wildman–Crippen MR) is 99.2 cm³/mol. The molecule has 0 radical (unpaired) electrons. The molecule has 0 spiro atoms. The first-order valence-corrected chi connectivity index (χ1v) is 9.39. The Morgan fingerprint density at radius 2 is 1.88 bits per heavy atom. The van der Waals surface area contributed by atoms with E-state index >= 15 is 0 Å². The SMILES string of the molecule is Cc1nc(-c2ccccc2)c(C(=O)OCC(=O)N2C[C@@H](C)O[C@@H](C)C2)s1. The van der Waals surface area contributed by atoms with Gasteiger partial charge in [-0.25, -0.2) is 9.78 Å². The molecule has 2 atom stereocenters. The summed E-state index contributed by atoms with van der Waals surface area (Å²) < 4.78 is 10.9. The molecule has 1 amide bonds. The van der Waals surface area contributed by atoms with Crippen molar-refractivity contribution >= 4 is 23.2 Å². The Kier molecular flexibility index (Phi) is 5.68. The zero-order chi connectivity index (χ0) is 18.7. The number of esters is 1. The molecule has 1 aliphatic rings. The van der Waals surface area contributed by atoms with Gasteiger partial charge in [0.2, 0.25) is 0 Å². The third-order valence-electron chi connectivity index (χ3n) is 4.07. The lowest BCUT2D eigenvalue weighted by Gasteiger charge is -2.35. The summed E-state index contributed by atoms with van der Waals surface area (Å²) in [4.78, 5) is 31.4. The van der Waals surface area contributed by atoms with E-state index in [9.17, 15) is 9.59 Å². The molecule has 0 aliphatic carbocycles. The van der Waals surface area contributed by atoms with E-state index in [4.69, 9.17) is 9.47 Å². The highest BCUT2D eigenvalue weighted by Crippen LogP contribution is 2.28. The van der Waals surface area contributed by atoms with Gasteiger partial charge >= 0.3 is 5.97 Å². The van der Waals surface area contributed by atoms with Crippen LogP contribution in [0.4, 0.5) is 0 Å². The summed E-state index contributed by atoms with van der Waals surface area (Å²) in [5, 5.41) is 0.776. The van der Waals surface area contributed by atoms with Crippen LogP contribution in [-0.4, -0.2) is 53.7 Å². The summed E-state index contributed by atoms with van der Waals surface area (Å²) in [5.41, 5.74) is 1.45. The molecule has 2 heterocycles. The van der Waals surface area contributed by atoms with Gasteiger partial charge in [0.15, 0.2) is 6.61 Å². The highest BCUT2D eigenvalue weighted by Gasteiger charge is 2.27. The van der Waals surface area contributed by atoms with Gasteiger partial charge in [-0.05, 0) is 20.8 Å². The summed E-state index contributed by atoms with van der Waals surface area (Å²) in [6, 6.07) is 9.48. The Morgan fingerprint density at radius 3 is 2.54 bits per heavy atom. The molecule has 26 heavy (non-hydrogen) atoms. The summed E-state index contributed by atoms with van der Waals surface area (Å²) in [6.45, 7) is 6.44. The molecule has 0 N–H and O–H groups in total. The molecule has 2 aromatic rings. The zero-order valence-electron chi connectivity index (χ0n) is 15.1. The van der Waals surface area contributed by atoms with Crippen LogP contribution in [0, 0.1) is 6.92 Å². The van der Waals surface area contributed by atoms with E-state index in [1.54, 1.807) is 4.90 Å². The van der Waals surface area contributed by atoms with Crippen molar-refractivity contribution in [1.29, 1.82) is 0 Å². The molecule has 0 unspecified atom stereocenters. The lowest BCUT2D eigenvalue weighted by atomic mass is 10.1. The number of ether oxygens (including phenoxy) is 2. The molecule has 0 bridgehead atoms. The highest BCUT2D eigenvalue weighted by molar-refractivity contribution is 7.14. The van der Waals surface area contributed by atoms with E-state index in [0.29, 0.717) is 23.7 Å². The first kappa shape index (κ1) is 18.5. The zero-order valence-corrected chi connectivity index (χ0v) is 15.9. The van der Waals surface area contributed by atoms with Crippen molar-refractivity contribution in [2.45, 2.75) is 33.0 Å². The molecule has 138 valence electrons.